The lowest BCUT2D eigenvalue weighted by Crippen LogP contribution is -1.93. The smallest absolute Gasteiger partial charge is 0.136 e. The Kier molecular flexibility index (Phi) is 11.7. The van der Waals surface area contributed by atoms with Crippen molar-refractivity contribution < 1.29 is 27.0 Å². The Morgan fingerprint density at radius 1 is 0.190 bits per heavy atom. The number of furan rings is 3. The van der Waals surface area contributed by atoms with Crippen LogP contribution in [0, 0.1) is 0 Å². The minimum Gasteiger partial charge on any atom is -0.456 e. The van der Waals surface area contributed by atoms with Gasteiger partial charge in [0.15, 0.2) is 0 Å². The average molecular weight is 1350 g/mol. The average Bonchev–Trinajstić information content (AvgIpc) is 1.72. The lowest BCUT2D eigenvalue weighted by molar-refractivity contribution is 0.668. The van der Waals surface area contributed by atoms with Gasteiger partial charge in [-0.1, -0.05) is 303 Å². The van der Waals surface area contributed by atoms with Crippen molar-refractivity contribution in [3.63, 3.8) is 0 Å². The van der Waals surface area contributed by atoms with Crippen LogP contribution in [0.5, 0.6) is 0 Å². The quantitative estimate of drug-likeness (QED) is 0.142. The molecule has 105 heavy (non-hydrogen) atoms. The van der Waals surface area contributed by atoms with Gasteiger partial charge in [0, 0.05) is 61.4 Å². The van der Waals surface area contributed by atoms with E-state index in [1.165, 1.54) is 0 Å². The monoisotopic (exact) mass is 1350 g/mol. The van der Waals surface area contributed by atoms with E-state index in [4.69, 9.17) is 27.0 Å². The van der Waals surface area contributed by atoms with E-state index in [1.807, 2.05) is 140 Å². The van der Waals surface area contributed by atoms with Crippen molar-refractivity contribution in [1.29, 1.82) is 0 Å². The molecule has 0 aliphatic heterocycles. The lowest BCUT2D eigenvalue weighted by atomic mass is 9.82. The number of nitrogens with zero attached hydrogens (tertiary/aromatic N) is 1. The fourth-order valence-corrected chi connectivity index (χ4v) is 16.8. The Balaban J connectivity index is 0.000000145. The summed E-state index contributed by atoms with van der Waals surface area (Å²) in [7, 11) is 0. The minimum absolute atomic E-state index is 0.193. The summed E-state index contributed by atoms with van der Waals surface area (Å²) in [4.78, 5) is 4.48. The van der Waals surface area contributed by atoms with Gasteiger partial charge < -0.3 is 13.3 Å². The fraction of sp³-hybridized carbons (Fsp3) is 0. The van der Waals surface area contributed by atoms with Gasteiger partial charge in [0.2, 0.25) is 0 Å². The lowest BCUT2D eigenvalue weighted by Gasteiger charge is -2.20. The van der Waals surface area contributed by atoms with E-state index in [0.717, 1.165) is 197 Å². The first-order valence-corrected chi connectivity index (χ1v) is 35.1. The Morgan fingerprint density at radius 2 is 0.495 bits per heavy atom. The molecular formula is C101H61NO3. The molecule has 0 aliphatic carbocycles. The van der Waals surface area contributed by atoms with E-state index in [1.54, 1.807) is 6.20 Å². The topological polar surface area (TPSA) is 52.3 Å². The van der Waals surface area contributed by atoms with Gasteiger partial charge in [-0.2, -0.15) is 0 Å². The predicted octanol–water partition coefficient (Wildman–Crippen LogP) is 28.7. The van der Waals surface area contributed by atoms with Gasteiger partial charge in [0.1, 0.15) is 33.5 Å². The first-order valence-electron chi connectivity index (χ1n) is 40.1. The van der Waals surface area contributed by atoms with Crippen molar-refractivity contribution in [2.45, 2.75) is 0 Å². The summed E-state index contributed by atoms with van der Waals surface area (Å²) in [6, 6.07) is 98.1. The molecule has 4 heterocycles. The van der Waals surface area contributed by atoms with Crippen LogP contribution in [0.15, 0.2) is 383 Å². The van der Waals surface area contributed by atoms with Crippen LogP contribution in [0.1, 0.15) is 13.7 Å². The summed E-state index contributed by atoms with van der Waals surface area (Å²) in [5.41, 5.74) is 19.1. The van der Waals surface area contributed by atoms with Gasteiger partial charge in [-0.05, 0) is 192 Å². The zero-order valence-electron chi connectivity index (χ0n) is 66.1. The molecule has 0 N–H and O–H groups in total. The first kappa shape index (κ1) is 50.4. The van der Waals surface area contributed by atoms with E-state index in [9.17, 15) is 0 Å². The molecule has 0 unspecified atom stereocenters. The van der Waals surface area contributed by atoms with Crippen LogP contribution in [0.2, 0.25) is 0 Å². The summed E-state index contributed by atoms with van der Waals surface area (Å²) < 4.78 is 106. The molecule has 0 saturated carbocycles. The van der Waals surface area contributed by atoms with Crippen molar-refractivity contribution in [3.8, 4) is 89.0 Å². The van der Waals surface area contributed by atoms with Crippen LogP contribution >= 0.6 is 0 Å². The second-order valence-corrected chi connectivity index (χ2v) is 26.5. The van der Waals surface area contributed by atoms with Crippen LogP contribution in [-0.2, 0) is 0 Å². The maximum absolute atomic E-state index is 9.02. The first-order chi connectivity index (χ1) is 56.3. The largest absolute Gasteiger partial charge is 0.456 e. The highest BCUT2D eigenvalue weighted by Crippen LogP contribution is 2.53. The zero-order valence-corrected chi connectivity index (χ0v) is 56.1. The van der Waals surface area contributed by atoms with E-state index < -0.39 is 12.1 Å². The molecule has 4 aromatic heterocycles. The van der Waals surface area contributed by atoms with Gasteiger partial charge in [-0.15, -0.1) is 0 Å². The van der Waals surface area contributed by atoms with Crippen LogP contribution in [-0.4, -0.2) is 4.98 Å². The molecule has 0 fully saturated rings. The summed E-state index contributed by atoms with van der Waals surface area (Å²) in [5, 5.41) is 17.4. The second kappa shape index (κ2) is 24.4. The molecule has 22 rings (SSSR count). The molecule has 18 aromatic carbocycles. The third-order valence-corrected chi connectivity index (χ3v) is 21.0. The molecule has 0 atom stereocenters. The third-order valence-electron chi connectivity index (χ3n) is 21.0. The van der Waals surface area contributed by atoms with Crippen LogP contribution in [0.4, 0.5) is 0 Å². The number of hydrogen-bond donors (Lipinski definition) is 0. The zero-order chi connectivity index (χ0) is 77.8. The maximum atomic E-state index is 9.02. The maximum Gasteiger partial charge on any atom is 0.136 e. The molecule has 488 valence electrons. The number of fused-ring (bicyclic) bond motifs is 15. The fourth-order valence-electron chi connectivity index (χ4n) is 16.8. The number of hydrogen-bond acceptors (Lipinski definition) is 4. The van der Waals surface area contributed by atoms with Gasteiger partial charge in [0.25, 0.3) is 0 Å². The molecule has 0 amide bonds. The van der Waals surface area contributed by atoms with E-state index >= 15 is 0 Å². The van der Waals surface area contributed by atoms with Crippen molar-refractivity contribution in [1.82, 2.24) is 4.98 Å². The second-order valence-electron chi connectivity index (χ2n) is 26.5. The third kappa shape index (κ3) is 9.51. The standard InChI is InChI=1S/C54H32O2.C47H29NO/c1-2-15-33(16-3-1)50-36-19-6-8-21-38(36)51(39-22-9-7-20-37(39)50)41-29-30-42(35-18-5-4-17-34(35)41)53-43(31-32-49-54(53)45-24-11-13-27-47(45)56-49)40-25-14-28-48-52(40)44-23-10-12-26-46(44)55-48;1-2-13-30(14-3-1)44-35-18-6-8-20-37(35)45(38-21-9-7-19-36(38)44)39-24-25-40(34-17-5-4-16-33(34)39)46-32(31-15-12-28-48-29-31)26-27-43-47(46)41-22-10-11-23-42(41)49-43/h1-32H;1-29H/i1D,2D,3D,15D,16D;1D,2D,3D,13D,14D. The molecule has 0 bridgehead atoms. The van der Waals surface area contributed by atoms with Crippen molar-refractivity contribution in [3.05, 3.63) is 370 Å². The van der Waals surface area contributed by atoms with E-state index in [2.05, 4.69) is 169 Å². The van der Waals surface area contributed by atoms with E-state index in [-0.39, 0.29) is 59.5 Å². The Hall–Kier alpha value is -13.9. The molecule has 0 saturated heterocycles. The number of benzene rings is 18. The van der Waals surface area contributed by atoms with E-state index in [0.29, 0.717) is 11.1 Å². The van der Waals surface area contributed by atoms with Crippen molar-refractivity contribution >= 4 is 130 Å². The summed E-state index contributed by atoms with van der Waals surface area (Å²) in [5.74, 6) is 0. The van der Waals surface area contributed by atoms with Crippen LogP contribution < -0.4 is 0 Å². The molecule has 22 aromatic rings. The number of aromatic nitrogens is 1. The highest BCUT2D eigenvalue weighted by Gasteiger charge is 2.27. The molecule has 0 aliphatic rings. The summed E-state index contributed by atoms with van der Waals surface area (Å²) in [6.07, 6.45) is 3.69. The van der Waals surface area contributed by atoms with Gasteiger partial charge in [-0.25, -0.2) is 0 Å². The molecule has 4 heteroatoms. The highest BCUT2D eigenvalue weighted by molar-refractivity contribution is 6.29. The van der Waals surface area contributed by atoms with Crippen LogP contribution in [0.25, 0.3) is 219 Å². The van der Waals surface area contributed by atoms with Crippen molar-refractivity contribution in [2.24, 2.45) is 0 Å². The SMILES string of the molecule is [2H]c1c([2H])c([2H])c(-c2c3ccccc3c(-c3ccc(-c4c(-c5cccc6oc7ccccc7c56)ccc5oc6ccccc6c45)c4ccccc34)c3ccccc23)c([2H])c1[2H].[2H]c1c([2H])c([2H])c(-c2c3ccccc3c(-c3ccc(-c4c(-c5cccnc5)ccc5oc6ccccc6c45)c4ccccc34)c3ccccc23)c([2H])c1[2H]. The number of rotatable bonds is 8. The number of para-hydroxylation sites is 3. The normalized spacial score (nSPS) is 13.1. The summed E-state index contributed by atoms with van der Waals surface area (Å²) >= 11 is 0. The van der Waals surface area contributed by atoms with Gasteiger partial charge >= 0.3 is 0 Å². The molecular weight excluding hydrogens is 1280 g/mol. The molecule has 4 nitrogen and oxygen atoms in total. The molecule has 0 radical (unpaired) electrons. The summed E-state index contributed by atoms with van der Waals surface area (Å²) in [6.45, 7) is 0. The predicted molar refractivity (Wildman–Crippen MR) is 441 cm³/mol. The Labute approximate surface area is 618 Å². The Bertz CT molecular complexity index is 7770. The Morgan fingerprint density at radius 3 is 0.886 bits per heavy atom. The highest BCUT2D eigenvalue weighted by atomic mass is 16.3. The minimum atomic E-state index is -0.410. The van der Waals surface area contributed by atoms with Crippen molar-refractivity contribution in [2.75, 3.05) is 0 Å². The van der Waals surface area contributed by atoms with Gasteiger partial charge in [0.05, 0.1) is 13.7 Å². The molecule has 0 spiro atoms. The number of pyridine rings is 1. The van der Waals surface area contributed by atoms with Crippen LogP contribution in [0.3, 0.4) is 0 Å². The van der Waals surface area contributed by atoms with Gasteiger partial charge in [-0.3, -0.25) is 4.98 Å².